The first-order valence-corrected chi connectivity index (χ1v) is 6.43. The van der Waals surface area contributed by atoms with E-state index in [0.717, 1.165) is 16.3 Å². The van der Waals surface area contributed by atoms with Gasteiger partial charge in [0, 0.05) is 28.9 Å². The van der Waals surface area contributed by atoms with Gasteiger partial charge in [-0.25, -0.2) is 0 Å². The Bertz CT molecular complexity index is 346. The summed E-state index contributed by atoms with van der Waals surface area (Å²) in [5.74, 6) is 0. The summed E-state index contributed by atoms with van der Waals surface area (Å²) in [4.78, 5) is 0. The number of halogens is 1. The Balaban J connectivity index is 2.10. The Hall–Kier alpha value is -0.730. The molecule has 0 amide bonds. The molecule has 0 unspecified atom stereocenters. The van der Waals surface area contributed by atoms with E-state index < -0.39 is 0 Å². The van der Waals surface area contributed by atoms with E-state index in [2.05, 4.69) is 11.4 Å². The minimum absolute atomic E-state index is 0.495. The number of hydrogen-bond donors (Lipinski definition) is 2. The van der Waals surface area contributed by atoms with Crippen molar-refractivity contribution in [2.24, 2.45) is 5.73 Å². The SMILES string of the molecule is NCc1c(Cl)cccc1NC1CCCCC1. The monoisotopic (exact) mass is 238 g/mol. The van der Waals surface area contributed by atoms with E-state index in [-0.39, 0.29) is 0 Å². The summed E-state index contributed by atoms with van der Waals surface area (Å²) in [6, 6.07) is 6.54. The fourth-order valence-electron chi connectivity index (χ4n) is 2.37. The van der Waals surface area contributed by atoms with Gasteiger partial charge in [0.25, 0.3) is 0 Å². The molecule has 1 aromatic rings. The summed E-state index contributed by atoms with van der Waals surface area (Å²) >= 11 is 6.13. The molecular formula is C13H19ClN2. The lowest BCUT2D eigenvalue weighted by Crippen LogP contribution is -2.23. The average Bonchev–Trinajstić information content (AvgIpc) is 2.31. The number of benzene rings is 1. The van der Waals surface area contributed by atoms with Crippen LogP contribution in [0.5, 0.6) is 0 Å². The summed E-state index contributed by atoms with van der Waals surface area (Å²) < 4.78 is 0. The molecule has 0 aliphatic heterocycles. The molecule has 0 spiro atoms. The van der Waals surface area contributed by atoms with Crippen LogP contribution in [-0.2, 0) is 6.54 Å². The van der Waals surface area contributed by atoms with E-state index in [9.17, 15) is 0 Å². The number of hydrogen-bond acceptors (Lipinski definition) is 2. The molecule has 3 heteroatoms. The highest BCUT2D eigenvalue weighted by molar-refractivity contribution is 6.31. The third-order valence-electron chi connectivity index (χ3n) is 3.29. The van der Waals surface area contributed by atoms with Gasteiger partial charge in [-0.15, -0.1) is 0 Å². The minimum Gasteiger partial charge on any atom is -0.382 e. The first-order chi connectivity index (χ1) is 7.81. The maximum Gasteiger partial charge on any atom is 0.0471 e. The predicted octanol–water partition coefficient (Wildman–Crippen LogP) is 3.54. The highest BCUT2D eigenvalue weighted by Crippen LogP contribution is 2.27. The molecule has 3 N–H and O–H groups in total. The van der Waals surface area contributed by atoms with Gasteiger partial charge in [-0.05, 0) is 25.0 Å². The molecule has 16 heavy (non-hydrogen) atoms. The lowest BCUT2D eigenvalue weighted by atomic mass is 9.95. The quantitative estimate of drug-likeness (QED) is 0.845. The van der Waals surface area contributed by atoms with Gasteiger partial charge in [-0.3, -0.25) is 0 Å². The third-order valence-corrected chi connectivity index (χ3v) is 3.64. The fourth-order valence-corrected chi connectivity index (χ4v) is 2.62. The molecule has 0 saturated heterocycles. The Morgan fingerprint density at radius 1 is 1.25 bits per heavy atom. The highest BCUT2D eigenvalue weighted by Gasteiger charge is 2.14. The topological polar surface area (TPSA) is 38.0 Å². The Morgan fingerprint density at radius 2 is 2.00 bits per heavy atom. The Labute approximate surface area is 102 Å². The van der Waals surface area contributed by atoms with Crippen LogP contribution in [0.15, 0.2) is 18.2 Å². The first-order valence-electron chi connectivity index (χ1n) is 6.05. The van der Waals surface area contributed by atoms with Crippen LogP contribution in [0, 0.1) is 0 Å². The van der Waals surface area contributed by atoms with Crippen molar-refractivity contribution in [3.63, 3.8) is 0 Å². The van der Waals surface area contributed by atoms with Crippen LogP contribution in [0.4, 0.5) is 5.69 Å². The maximum absolute atomic E-state index is 6.13. The number of rotatable bonds is 3. The number of nitrogens with two attached hydrogens (primary N) is 1. The molecule has 1 aliphatic carbocycles. The fraction of sp³-hybridized carbons (Fsp3) is 0.538. The molecule has 1 aromatic carbocycles. The van der Waals surface area contributed by atoms with Gasteiger partial charge in [-0.1, -0.05) is 36.9 Å². The van der Waals surface area contributed by atoms with Crippen molar-refractivity contribution >= 4 is 17.3 Å². The smallest absolute Gasteiger partial charge is 0.0471 e. The molecular weight excluding hydrogens is 220 g/mol. The van der Waals surface area contributed by atoms with E-state index in [0.29, 0.717) is 12.6 Å². The van der Waals surface area contributed by atoms with E-state index in [1.165, 1.54) is 32.1 Å². The molecule has 0 atom stereocenters. The zero-order chi connectivity index (χ0) is 11.4. The molecule has 0 aromatic heterocycles. The summed E-state index contributed by atoms with van der Waals surface area (Å²) in [6.07, 6.45) is 6.55. The third kappa shape index (κ3) is 2.69. The van der Waals surface area contributed by atoms with Crippen molar-refractivity contribution in [2.45, 2.75) is 44.7 Å². The van der Waals surface area contributed by atoms with Gasteiger partial charge >= 0.3 is 0 Å². The number of nitrogens with one attached hydrogen (secondary N) is 1. The van der Waals surface area contributed by atoms with E-state index in [1.54, 1.807) is 0 Å². The summed E-state index contributed by atoms with van der Waals surface area (Å²) in [6.45, 7) is 0.495. The Morgan fingerprint density at radius 3 is 2.69 bits per heavy atom. The van der Waals surface area contributed by atoms with E-state index in [1.807, 2.05) is 12.1 Å². The van der Waals surface area contributed by atoms with Crippen LogP contribution in [0.3, 0.4) is 0 Å². The van der Waals surface area contributed by atoms with Crippen LogP contribution in [0.25, 0.3) is 0 Å². The average molecular weight is 239 g/mol. The summed E-state index contributed by atoms with van der Waals surface area (Å²) in [7, 11) is 0. The molecule has 0 radical (unpaired) electrons. The standard InChI is InChI=1S/C13H19ClN2/c14-12-7-4-8-13(11(12)9-15)16-10-5-2-1-3-6-10/h4,7-8,10,16H,1-3,5-6,9,15H2. The zero-order valence-electron chi connectivity index (χ0n) is 9.51. The van der Waals surface area contributed by atoms with Crippen molar-refractivity contribution in [3.8, 4) is 0 Å². The van der Waals surface area contributed by atoms with Crippen LogP contribution in [0.2, 0.25) is 5.02 Å². The van der Waals surface area contributed by atoms with E-state index >= 15 is 0 Å². The van der Waals surface area contributed by atoms with Gasteiger partial charge in [-0.2, -0.15) is 0 Å². The molecule has 88 valence electrons. The molecule has 1 saturated carbocycles. The van der Waals surface area contributed by atoms with Gasteiger partial charge in [0.05, 0.1) is 0 Å². The predicted molar refractivity (Wildman–Crippen MR) is 69.8 cm³/mol. The van der Waals surface area contributed by atoms with Crippen molar-refractivity contribution in [1.82, 2.24) is 0 Å². The zero-order valence-corrected chi connectivity index (χ0v) is 10.3. The Kier molecular flexibility index (Phi) is 4.08. The maximum atomic E-state index is 6.13. The molecule has 0 bridgehead atoms. The summed E-state index contributed by atoms with van der Waals surface area (Å²) in [5, 5.41) is 4.34. The second kappa shape index (κ2) is 5.55. The normalized spacial score (nSPS) is 17.4. The molecule has 1 fully saturated rings. The van der Waals surface area contributed by atoms with Crippen molar-refractivity contribution in [2.75, 3.05) is 5.32 Å². The second-order valence-electron chi connectivity index (χ2n) is 4.45. The van der Waals surface area contributed by atoms with Crippen LogP contribution >= 0.6 is 11.6 Å². The van der Waals surface area contributed by atoms with Crippen LogP contribution in [-0.4, -0.2) is 6.04 Å². The molecule has 2 rings (SSSR count). The highest BCUT2D eigenvalue weighted by atomic mass is 35.5. The van der Waals surface area contributed by atoms with Gasteiger partial charge in [0.2, 0.25) is 0 Å². The van der Waals surface area contributed by atoms with Crippen LogP contribution in [0.1, 0.15) is 37.7 Å². The lowest BCUT2D eigenvalue weighted by molar-refractivity contribution is 0.462. The van der Waals surface area contributed by atoms with Crippen LogP contribution < -0.4 is 11.1 Å². The van der Waals surface area contributed by atoms with E-state index in [4.69, 9.17) is 17.3 Å². The van der Waals surface area contributed by atoms with Crippen molar-refractivity contribution in [1.29, 1.82) is 0 Å². The largest absolute Gasteiger partial charge is 0.382 e. The second-order valence-corrected chi connectivity index (χ2v) is 4.86. The van der Waals surface area contributed by atoms with Gasteiger partial charge in [0.1, 0.15) is 0 Å². The van der Waals surface area contributed by atoms with Gasteiger partial charge in [0.15, 0.2) is 0 Å². The van der Waals surface area contributed by atoms with Crippen molar-refractivity contribution in [3.05, 3.63) is 28.8 Å². The number of anilines is 1. The lowest BCUT2D eigenvalue weighted by Gasteiger charge is -2.25. The summed E-state index contributed by atoms with van der Waals surface area (Å²) in [5.41, 5.74) is 7.88. The molecule has 0 heterocycles. The van der Waals surface area contributed by atoms with Crippen molar-refractivity contribution < 1.29 is 0 Å². The molecule has 1 aliphatic rings. The molecule has 2 nitrogen and oxygen atoms in total. The first kappa shape index (κ1) is 11.7. The minimum atomic E-state index is 0.495. The van der Waals surface area contributed by atoms with Gasteiger partial charge < -0.3 is 11.1 Å².